The molecule has 0 aliphatic heterocycles. The fraction of sp³-hybridized carbons (Fsp3) is 1.00. The molecule has 1 fully saturated rings. The van der Waals surface area contributed by atoms with E-state index in [4.69, 9.17) is 5.11 Å². The first-order valence-electron chi connectivity index (χ1n) is 7.66. The standard InChI is InChI=1S/C15H32N2O/c1-16-13-15(9-5-3-6-10-15)14-17(2)11-7-4-8-12-18/h16,18H,3-14H2,1-2H3. The zero-order chi connectivity index (χ0) is 13.3. The van der Waals surface area contributed by atoms with Gasteiger partial charge in [0.15, 0.2) is 0 Å². The summed E-state index contributed by atoms with van der Waals surface area (Å²) < 4.78 is 0. The Balaban J connectivity index is 2.30. The quantitative estimate of drug-likeness (QED) is 0.621. The molecule has 0 atom stereocenters. The van der Waals surface area contributed by atoms with Crippen LogP contribution in [-0.2, 0) is 0 Å². The van der Waals surface area contributed by atoms with Gasteiger partial charge >= 0.3 is 0 Å². The molecule has 0 aromatic rings. The van der Waals surface area contributed by atoms with Crippen molar-refractivity contribution in [2.45, 2.75) is 51.4 Å². The second kappa shape index (κ2) is 8.89. The van der Waals surface area contributed by atoms with E-state index in [1.165, 1.54) is 51.6 Å². The SMILES string of the molecule is CNCC1(CN(C)CCCCCO)CCCCC1. The maximum Gasteiger partial charge on any atom is 0.0431 e. The second-order valence-corrected chi connectivity index (χ2v) is 6.11. The highest BCUT2D eigenvalue weighted by atomic mass is 16.2. The van der Waals surface area contributed by atoms with E-state index in [0.29, 0.717) is 12.0 Å². The van der Waals surface area contributed by atoms with E-state index in [0.717, 1.165) is 19.4 Å². The molecule has 18 heavy (non-hydrogen) atoms. The third-order valence-electron chi connectivity index (χ3n) is 4.27. The minimum atomic E-state index is 0.341. The van der Waals surface area contributed by atoms with Gasteiger partial charge in [-0.25, -0.2) is 0 Å². The lowest BCUT2D eigenvalue weighted by Gasteiger charge is -2.40. The predicted octanol–water partition coefficient (Wildman–Crippen LogP) is 2.25. The highest BCUT2D eigenvalue weighted by molar-refractivity contribution is 4.86. The Morgan fingerprint density at radius 3 is 2.44 bits per heavy atom. The molecule has 3 heteroatoms. The van der Waals surface area contributed by atoms with Crippen LogP contribution in [0.25, 0.3) is 0 Å². The average Bonchev–Trinajstić information content (AvgIpc) is 2.36. The number of hydrogen-bond donors (Lipinski definition) is 2. The van der Waals surface area contributed by atoms with Crippen molar-refractivity contribution >= 4 is 0 Å². The summed E-state index contributed by atoms with van der Waals surface area (Å²) >= 11 is 0. The van der Waals surface area contributed by atoms with Crippen molar-refractivity contribution in [1.82, 2.24) is 10.2 Å². The van der Waals surface area contributed by atoms with Crippen LogP contribution in [0.4, 0.5) is 0 Å². The Bertz CT molecular complexity index is 197. The van der Waals surface area contributed by atoms with Crippen molar-refractivity contribution in [2.75, 3.05) is 40.3 Å². The summed E-state index contributed by atoms with van der Waals surface area (Å²) in [6.45, 7) is 3.90. The van der Waals surface area contributed by atoms with Gasteiger partial charge in [-0.15, -0.1) is 0 Å². The number of nitrogens with one attached hydrogen (secondary N) is 1. The van der Waals surface area contributed by atoms with Crippen LogP contribution < -0.4 is 5.32 Å². The van der Waals surface area contributed by atoms with Crippen LogP contribution in [0.1, 0.15) is 51.4 Å². The molecule has 0 bridgehead atoms. The van der Waals surface area contributed by atoms with E-state index >= 15 is 0 Å². The van der Waals surface area contributed by atoms with Crippen LogP contribution in [0.2, 0.25) is 0 Å². The fourth-order valence-corrected chi connectivity index (χ4v) is 3.39. The van der Waals surface area contributed by atoms with E-state index in [1.54, 1.807) is 0 Å². The molecular formula is C15H32N2O. The molecule has 2 N–H and O–H groups in total. The summed E-state index contributed by atoms with van der Waals surface area (Å²) in [6, 6.07) is 0. The molecule has 0 radical (unpaired) electrons. The number of aliphatic hydroxyl groups is 1. The topological polar surface area (TPSA) is 35.5 Å². The molecule has 108 valence electrons. The van der Waals surface area contributed by atoms with E-state index in [-0.39, 0.29) is 0 Å². The summed E-state index contributed by atoms with van der Waals surface area (Å²) in [6.07, 6.45) is 10.3. The Labute approximate surface area is 113 Å². The summed E-state index contributed by atoms with van der Waals surface area (Å²) in [5, 5.41) is 12.2. The van der Waals surface area contributed by atoms with Crippen molar-refractivity contribution in [3.63, 3.8) is 0 Å². The summed E-state index contributed by atoms with van der Waals surface area (Å²) in [5.41, 5.74) is 0.513. The predicted molar refractivity (Wildman–Crippen MR) is 77.9 cm³/mol. The third-order valence-corrected chi connectivity index (χ3v) is 4.27. The normalized spacial score (nSPS) is 19.3. The zero-order valence-corrected chi connectivity index (χ0v) is 12.4. The molecule has 3 nitrogen and oxygen atoms in total. The van der Waals surface area contributed by atoms with Crippen molar-refractivity contribution in [3.8, 4) is 0 Å². The lowest BCUT2D eigenvalue weighted by atomic mass is 9.73. The monoisotopic (exact) mass is 256 g/mol. The van der Waals surface area contributed by atoms with E-state index in [2.05, 4.69) is 24.3 Å². The number of unbranched alkanes of at least 4 members (excludes halogenated alkanes) is 2. The van der Waals surface area contributed by atoms with Crippen LogP contribution in [0.3, 0.4) is 0 Å². The highest BCUT2D eigenvalue weighted by Gasteiger charge is 2.32. The molecule has 0 saturated heterocycles. The van der Waals surface area contributed by atoms with Gasteiger partial charge in [-0.05, 0) is 58.2 Å². The molecular weight excluding hydrogens is 224 g/mol. The van der Waals surface area contributed by atoms with Crippen LogP contribution in [0, 0.1) is 5.41 Å². The van der Waals surface area contributed by atoms with Gasteiger partial charge in [0.05, 0.1) is 0 Å². The number of rotatable bonds is 9. The Hall–Kier alpha value is -0.120. The third kappa shape index (κ3) is 5.68. The average molecular weight is 256 g/mol. The van der Waals surface area contributed by atoms with Crippen LogP contribution in [0.5, 0.6) is 0 Å². The second-order valence-electron chi connectivity index (χ2n) is 6.11. The van der Waals surface area contributed by atoms with Crippen molar-refractivity contribution < 1.29 is 5.11 Å². The lowest BCUT2D eigenvalue weighted by Crippen LogP contribution is -2.43. The number of nitrogens with zero attached hydrogens (tertiary/aromatic N) is 1. The van der Waals surface area contributed by atoms with E-state index < -0.39 is 0 Å². The van der Waals surface area contributed by atoms with Crippen LogP contribution in [0.15, 0.2) is 0 Å². The molecule has 0 amide bonds. The minimum Gasteiger partial charge on any atom is -0.396 e. The zero-order valence-electron chi connectivity index (χ0n) is 12.4. The van der Waals surface area contributed by atoms with Crippen molar-refractivity contribution in [2.24, 2.45) is 5.41 Å². The summed E-state index contributed by atoms with van der Waals surface area (Å²) in [7, 11) is 4.34. The van der Waals surface area contributed by atoms with E-state index in [1.807, 2.05) is 0 Å². The van der Waals surface area contributed by atoms with Crippen LogP contribution >= 0.6 is 0 Å². The first-order chi connectivity index (χ1) is 8.72. The Morgan fingerprint density at radius 1 is 1.11 bits per heavy atom. The summed E-state index contributed by atoms with van der Waals surface area (Å²) in [5.74, 6) is 0. The van der Waals surface area contributed by atoms with Gasteiger partial charge in [-0.1, -0.05) is 19.3 Å². The summed E-state index contributed by atoms with van der Waals surface area (Å²) in [4.78, 5) is 2.50. The Kier molecular flexibility index (Phi) is 7.87. The van der Waals surface area contributed by atoms with Gasteiger partial charge in [-0.3, -0.25) is 0 Å². The molecule has 1 saturated carbocycles. The fourth-order valence-electron chi connectivity index (χ4n) is 3.39. The largest absolute Gasteiger partial charge is 0.396 e. The first-order valence-corrected chi connectivity index (χ1v) is 7.66. The highest BCUT2D eigenvalue weighted by Crippen LogP contribution is 2.36. The van der Waals surface area contributed by atoms with Crippen LogP contribution in [-0.4, -0.2) is 50.3 Å². The maximum absolute atomic E-state index is 8.78. The number of hydrogen-bond acceptors (Lipinski definition) is 3. The Morgan fingerprint density at radius 2 is 1.83 bits per heavy atom. The number of aliphatic hydroxyl groups excluding tert-OH is 1. The van der Waals surface area contributed by atoms with Gasteiger partial charge in [0, 0.05) is 19.7 Å². The molecule has 0 aromatic heterocycles. The molecule has 1 aliphatic rings. The van der Waals surface area contributed by atoms with Gasteiger partial charge in [-0.2, -0.15) is 0 Å². The van der Waals surface area contributed by atoms with E-state index in [9.17, 15) is 0 Å². The molecule has 1 aliphatic carbocycles. The smallest absolute Gasteiger partial charge is 0.0431 e. The molecule has 1 rings (SSSR count). The van der Waals surface area contributed by atoms with Crippen molar-refractivity contribution in [3.05, 3.63) is 0 Å². The molecule has 0 spiro atoms. The van der Waals surface area contributed by atoms with Gasteiger partial charge in [0.1, 0.15) is 0 Å². The van der Waals surface area contributed by atoms with Gasteiger partial charge in [0.2, 0.25) is 0 Å². The molecule has 0 heterocycles. The van der Waals surface area contributed by atoms with Gasteiger partial charge < -0.3 is 15.3 Å². The van der Waals surface area contributed by atoms with Crippen molar-refractivity contribution in [1.29, 1.82) is 0 Å². The minimum absolute atomic E-state index is 0.341. The van der Waals surface area contributed by atoms with Gasteiger partial charge in [0.25, 0.3) is 0 Å². The maximum atomic E-state index is 8.78. The first kappa shape index (κ1) is 15.9. The molecule has 0 aromatic carbocycles. The lowest BCUT2D eigenvalue weighted by molar-refractivity contribution is 0.118. The molecule has 0 unspecified atom stereocenters.